The van der Waals surface area contributed by atoms with Crippen LogP contribution >= 0.6 is 12.6 Å². The molecular formula is C11H23NO2S. The topological polar surface area (TPSA) is 38.3 Å². The first kappa shape index (κ1) is 14.8. The molecule has 0 heterocycles. The van der Waals surface area contributed by atoms with Crippen LogP contribution in [-0.2, 0) is 9.53 Å². The van der Waals surface area contributed by atoms with Gasteiger partial charge in [-0.3, -0.25) is 4.79 Å². The average molecular weight is 233 g/mol. The quantitative estimate of drug-likeness (QED) is 0.686. The summed E-state index contributed by atoms with van der Waals surface area (Å²) in [7, 11) is 1.64. The minimum Gasteiger partial charge on any atom is -0.383 e. The number of carbonyl (C=O) groups excluding carboxylic acids is 1. The van der Waals surface area contributed by atoms with Gasteiger partial charge in [-0.2, -0.15) is 12.6 Å². The minimum absolute atomic E-state index is 0.0101. The summed E-state index contributed by atoms with van der Waals surface area (Å²) in [6.07, 6.45) is 0. The first-order chi connectivity index (χ1) is 6.90. The van der Waals surface area contributed by atoms with Gasteiger partial charge in [0.25, 0.3) is 0 Å². The molecule has 2 atom stereocenters. The highest BCUT2D eigenvalue weighted by Gasteiger charge is 2.22. The van der Waals surface area contributed by atoms with Crippen molar-refractivity contribution < 1.29 is 9.53 Å². The zero-order valence-electron chi connectivity index (χ0n) is 10.3. The molecular weight excluding hydrogens is 210 g/mol. The molecule has 0 radical (unpaired) electrons. The van der Waals surface area contributed by atoms with Gasteiger partial charge in [-0.15, -0.1) is 0 Å². The van der Waals surface area contributed by atoms with Crippen molar-refractivity contribution in [2.45, 2.75) is 39.0 Å². The third-order valence-corrected chi connectivity index (χ3v) is 3.21. The van der Waals surface area contributed by atoms with Crippen LogP contribution in [0.4, 0.5) is 0 Å². The summed E-state index contributed by atoms with van der Waals surface area (Å²) in [5.74, 6) is 0.592. The van der Waals surface area contributed by atoms with E-state index >= 15 is 0 Å². The van der Waals surface area contributed by atoms with Crippen LogP contribution < -0.4 is 5.32 Å². The standard InChI is InChI=1S/C11H23NO2S/c1-7(2)9(6-14-5)12-11(13)10(15)8(3)4/h7-10,15H,6H2,1-5H3,(H,12,13). The van der Waals surface area contributed by atoms with E-state index in [1.807, 2.05) is 13.8 Å². The largest absolute Gasteiger partial charge is 0.383 e. The molecule has 2 unspecified atom stereocenters. The average Bonchev–Trinajstić information content (AvgIpc) is 2.15. The van der Waals surface area contributed by atoms with E-state index in [0.29, 0.717) is 12.5 Å². The summed E-state index contributed by atoms with van der Waals surface area (Å²) in [5, 5.41) is 2.71. The van der Waals surface area contributed by atoms with Crippen LogP contribution in [0.2, 0.25) is 0 Å². The summed E-state index contributed by atoms with van der Waals surface area (Å²) in [6.45, 7) is 8.64. The first-order valence-corrected chi connectivity index (χ1v) is 5.89. The normalized spacial score (nSPS) is 15.5. The van der Waals surface area contributed by atoms with Gasteiger partial charge in [-0.05, 0) is 11.8 Å². The Morgan fingerprint density at radius 3 is 2.13 bits per heavy atom. The maximum absolute atomic E-state index is 11.7. The number of methoxy groups -OCH3 is 1. The highest BCUT2D eigenvalue weighted by molar-refractivity contribution is 7.81. The molecule has 0 aromatic heterocycles. The van der Waals surface area contributed by atoms with E-state index in [9.17, 15) is 4.79 Å². The van der Waals surface area contributed by atoms with Gasteiger partial charge in [0.2, 0.25) is 5.91 Å². The second-order valence-corrected chi connectivity index (χ2v) is 5.06. The Hall–Kier alpha value is -0.220. The van der Waals surface area contributed by atoms with Crippen LogP contribution in [0.25, 0.3) is 0 Å². The summed E-state index contributed by atoms with van der Waals surface area (Å²) in [6, 6.07) is 0.0656. The summed E-state index contributed by atoms with van der Waals surface area (Å²) in [5.41, 5.74) is 0. The lowest BCUT2D eigenvalue weighted by molar-refractivity contribution is -0.122. The van der Waals surface area contributed by atoms with Gasteiger partial charge in [-0.1, -0.05) is 27.7 Å². The Bertz CT molecular complexity index is 195. The molecule has 0 fully saturated rings. The smallest absolute Gasteiger partial charge is 0.233 e. The Labute approximate surface area is 98.4 Å². The van der Waals surface area contributed by atoms with Crippen molar-refractivity contribution >= 4 is 18.5 Å². The van der Waals surface area contributed by atoms with Gasteiger partial charge in [-0.25, -0.2) is 0 Å². The maximum Gasteiger partial charge on any atom is 0.233 e. The fraction of sp³-hybridized carbons (Fsp3) is 0.909. The molecule has 0 saturated heterocycles. The Kier molecular flexibility index (Phi) is 7.02. The van der Waals surface area contributed by atoms with Crippen LogP contribution in [0.15, 0.2) is 0 Å². The highest BCUT2D eigenvalue weighted by Crippen LogP contribution is 2.10. The van der Waals surface area contributed by atoms with Gasteiger partial charge >= 0.3 is 0 Å². The second-order valence-electron chi connectivity index (χ2n) is 4.50. The fourth-order valence-electron chi connectivity index (χ4n) is 1.15. The molecule has 4 heteroatoms. The van der Waals surface area contributed by atoms with Crippen LogP contribution in [0.1, 0.15) is 27.7 Å². The van der Waals surface area contributed by atoms with Crippen LogP contribution in [0.3, 0.4) is 0 Å². The van der Waals surface area contributed by atoms with E-state index in [1.54, 1.807) is 7.11 Å². The molecule has 0 aliphatic heterocycles. The number of amides is 1. The number of hydrogen-bond acceptors (Lipinski definition) is 3. The molecule has 1 N–H and O–H groups in total. The molecule has 0 rings (SSSR count). The van der Waals surface area contributed by atoms with E-state index in [-0.39, 0.29) is 23.1 Å². The molecule has 0 spiro atoms. The number of thiol groups is 1. The Morgan fingerprint density at radius 2 is 1.80 bits per heavy atom. The molecule has 90 valence electrons. The predicted octanol–water partition coefficient (Wildman–Crippen LogP) is 1.73. The molecule has 3 nitrogen and oxygen atoms in total. The fourth-order valence-corrected chi connectivity index (χ4v) is 1.23. The Balaban J connectivity index is 4.22. The molecule has 0 saturated carbocycles. The van der Waals surface area contributed by atoms with E-state index < -0.39 is 0 Å². The van der Waals surface area contributed by atoms with Crippen molar-refractivity contribution in [3.05, 3.63) is 0 Å². The van der Waals surface area contributed by atoms with Crippen molar-refractivity contribution in [3.8, 4) is 0 Å². The Morgan fingerprint density at radius 1 is 1.27 bits per heavy atom. The zero-order valence-corrected chi connectivity index (χ0v) is 11.2. The molecule has 1 amide bonds. The van der Waals surface area contributed by atoms with Crippen molar-refractivity contribution in [2.24, 2.45) is 11.8 Å². The number of rotatable bonds is 6. The van der Waals surface area contributed by atoms with Crippen molar-refractivity contribution in [2.75, 3.05) is 13.7 Å². The minimum atomic E-state index is -0.247. The van der Waals surface area contributed by atoms with Crippen molar-refractivity contribution in [1.29, 1.82) is 0 Å². The third kappa shape index (κ3) is 5.42. The van der Waals surface area contributed by atoms with Gasteiger partial charge in [0.05, 0.1) is 17.9 Å². The van der Waals surface area contributed by atoms with Crippen molar-refractivity contribution in [3.63, 3.8) is 0 Å². The van der Waals surface area contributed by atoms with E-state index in [0.717, 1.165) is 0 Å². The van der Waals surface area contributed by atoms with Gasteiger partial charge < -0.3 is 10.1 Å². The second kappa shape index (κ2) is 7.12. The van der Waals surface area contributed by atoms with E-state index in [1.165, 1.54) is 0 Å². The summed E-state index contributed by atoms with van der Waals surface area (Å²) < 4.78 is 5.07. The summed E-state index contributed by atoms with van der Waals surface area (Å²) in [4.78, 5) is 11.7. The molecule has 0 bridgehead atoms. The van der Waals surface area contributed by atoms with Crippen LogP contribution in [0, 0.1) is 11.8 Å². The maximum atomic E-state index is 11.7. The lowest BCUT2D eigenvalue weighted by atomic mass is 10.0. The number of nitrogens with one attached hydrogen (secondary N) is 1. The molecule has 0 aliphatic carbocycles. The summed E-state index contributed by atoms with van der Waals surface area (Å²) >= 11 is 4.28. The predicted molar refractivity (Wildman–Crippen MR) is 66.3 cm³/mol. The number of carbonyl (C=O) groups is 1. The number of hydrogen-bond donors (Lipinski definition) is 2. The number of ether oxygens (including phenoxy) is 1. The third-order valence-electron chi connectivity index (χ3n) is 2.38. The lowest BCUT2D eigenvalue weighted by Gasteiger charge is -2.24. The van der Waals surface area contributed by atoms with E-state index in [4.69, 9.17) is 4.74 Å². The first-order valence-electron chi connectivity index (χ1n) is 5.37. The van der Waals surface area contributed by atoms with Gasteiger partial charge in [0.1, 0.15) is 0 Å². The SMILES string of the molecule is COCC(NC(=O)C(S)C(C)C)C(C)C. The highest BCUT2D eigenvalue weighted by atomic mass is 32.1. The van der Waals surface area contributed by atoms with E-state index in [2.05, 4.69) is 31.8 Å². The molecule has 0 aromatic rings. The van der Waals surface area contributed by atoms with Gasteiger partial charge in [0.15, 0.2) is 0 Å². The molecule has 15 heavy (non-hydrogen) atoms. The molecule has 0 aromatic carbocycles. The zero-order chi connectivity index (χ0) is 12.0. The lowest BCUT2D eigenvalue weighted by Crippen LogP contribution is -2.46. The molecule has 0 aliphatic rings. The monoisotopic (exact) mass is 233 g/mol. The van der Waals surface area contributed by atoms with Crippen LogP contribution in [-0.4, -0.2) is 30.9 Å². The van der Waals surface area contributed by atoms with Crippen molar-refractivity contribution in [1.82, 2.24) is 5.32 Å². The van der Waals surface area contributed by atoms with Crippen LogP contribution in [0.5, 0.6) is 0 Å². The van der Waals surface area contributed by atoms with Gasteiger partial charge in [0, 0.05) is 7.11 Å².